The topological polar surface area (TPSA) is 50.8 Å². The molecule has 1 atom stereocenters. The van der Waals surface area contributed by atoms with Gasteiger partial charge in [-0.3, -0.25) is 0 Å². The third-order valence-corrected chi connectivity index (χ3v) is 3.52. The highest BCUT2D eigenvalue weighted by molar-refractivity contribution is 5.68. The second kappa shape index (κ2) is 7.11. The summed E-state index contributed by atoms with van der Waals surface area (Å²) in [6.07, 6.45) is -0.241. The number of ether oxygens (including phenoxy) is 2. The van der Waals surface area contributed by atoms with Gasteiger partial charge in [-0.1, -0.05) is 24.3 Å². The fraction of sp³-hybridized carbons (Fsp3) is 0.588. The fourth-order valence-electron chi connectivity index (χ4n) is 2.48. The highest BCUT2D eigenvalue weighted by atomic mass is 16.6. The summed E-state index contributed by atoms with van der Waals surface area (Å²) < 4.78 is 10.6. The molecule has 0 aromatic heterocycles. The predicted molar refractivity (Wildman–Crippen MR) is 85.7 cm³/mol. The third-order valence-electron chi connectivity index (χ3n) is 3.52. The van der Waals surface area contributed by atoms with Crippen LogP contribution in [0.1, 0.15) is 37.9 Å². The van der Waals surface area contributed by atoms with Crippen LogP contribution < -0.4 is 5.32 Å². The van der Waals surface area contributed by atoms with Crippen molar-refractivity contribution >= 4 is 6.09 Å². The standard InChI is InChI=1S/C17H26N2O3/c1-17(2,3)22-16(20)19-10-9-18-15(11-19)14-7-5-13(6-8-14)12-21-4/h5-8,15,18H,9-12H2,1-4H3. The Morgan fingerprint density at radius 2 is 2.00 bits per heavy atom. The first kappa shape index (κ1) is 16.8. The molecular formula is C17H26N2O3. The molecule has 122 valence electrons. The predicted octanol–water partition coefficient (Wildman–Crippen LogP) is 2.71. The van der Waals surface area contributed by atoms with Crippen molar-refractivity contribution in [1.29, 1.82) is 0 Å². The minimum atomic E-state index is -0.459. The Hall–Kier alpha value is -1.59. The van der Waals surface area contributed by atoms with Gasteiger partial charge in [-0.05, 0) is 31.9 Å². The summed E-state index contributed by atoms with van der Waals surface area (Å²) in [4.78, 5) is 14.0. The van der Waals surface area contributed by atoms with Crippen LogP contribution in [0.25, 0.3) is 0 Å². The molecule has 1 aromatic carbocycles. The van der Waals surface area contributed by atoms with Gasteiger partial charge in [0, 0.05) is 26.7 Å². The van der Waals surface area contributed by atoms with E-state index in [1.807, 2.05) is 20.8 Å². The van der Waals surface area contributed by atoms with E-state index >= 15 is 0 Å². The molecule has 5 nitrogen and oxygen atoms in total. The number of hydrogen-bond acceptors (Lipinski definition) is 4. The van der Waals surface area contributed by atoms with Gasteiger partial charge in [0.15, 0.2) is 0 Å². The molecule has 1 amide bonds. The van der Waals surface area contributed by atoms with Crippen LogP contribution in [0.5, 0.6) is 0 Å². The largest absolute Gasteiger partial charge is 0.444 e. The lowest BCUT2D eigenvalue weighted by molar-refractivity contribution is 0.0195. The van der Waals surface area contributed by atoms with Gasteiger partial charge in [-0.2, -0.15) is 0 Å². The van der Waals surface area contributed by atoms with E-state index in [-0.39, 0.29) is 12.1 Å². The number of piperazine rings is 1. The summed E-state index contributed by atoms with van der Waals surface area (Å²) in [6.45, 7) is 8.34. The molecule has 1 N–H and O–H groups in total. The lowest BCUT2D eigenvalue weighted by Crippen LogP contribution is -2.49. The number of rotatable bonds is 3. The minimum absolute atomic E-state index is 0.137. The van der Waals surface area contributed by atoms with Gasteiger partial charge in [0.05, 0.1) is 12.6 Å². The van der Waals surface area contributed by atoms with E-state index in [1.54, 1.807) is 12.0 Å². The van der Waals surface area contributed by atoms with E-state index < -0.39 is 5.60 Å². The molecule has 1 saturated heterocycles. The fourth-order valence-corrected chi connectivity index (χ4v) is 2.48. The average Bonchev–Trinajstić information content (AvgIpc) is 2.47. The maximum absolute atomic E-state index is 12.2. The highest BCUT2D eigenvalue weighted by Gasteiger charge is 2.27. The lowest BCUT2D eigenvalue weighted by atomic mass is 10.0. The number of nitrogens with one attached hydrogen (secondary N) is 1. The Bertz CT molecular complexity index is 494. The average molecular weight is 306 g/mol. The van der Waals surface area contributed by atoms with Gasteiger partial charge in [0.25, 0.3) is 0 Å². The molecule has 0 saturated carbocycles. The summed E-state index contributed by atoms with van der Waals surface area (Å²) in [6, 6.07) is 8.44. The van der Waals surface area contributed by atoms with Gasteiger partial charge < -0.3 is 19.7 Å². The van der Waals surface area contributed by atoms with Crippen molar-refractivity contribution in [3.05, 3.63) is 35.4 Å². The first-order chi connectivity index (χ1) is 10.4. The zero-order valence-corrected chi connectivity index (χ0v) is 13.9. The first-order valence-electron chi connectivity index (χ1n) is 7.68. The number of carbonyl (C=O) groups is 1. The Morgan fingerprint density at radius 1 is 1.32 bits per heavy atom. The van der Waals surface area contributed by atoms with Crippen LogP contribution in [0.3, 0.4) is 0 Å². The number of benzene rings is 1. The van der Waals surface area contributed by atoms with Gasteiger partial charge in [-0.15, -0.1) is 0 Å². The molecule has 1 aromatic rings. The lowest BCUT2D eigenvalue weighted by Gasteiger charge is -2.35. The molecule has 1 aliphatic heterocycles. The number of methoxy groups -OCH3 is 1. The molecule has 0 bridgehead atoms. The van der Waals surface area contributed by atoms with Crippen molar-refractivity contribution in [3.8, 4) is 0 Å². The molecule has 0 spiro atoms. The van der Waals surface area contributed by atoms with E-state index in [1.165, 1.54) is 5.56 Å². The summed E-state index contributed by atoms with van der Waals surface area (Å²) in [5.74, 6) is 0. The third kappa shape index (κ3) is 4.71. The Labute approximate surface area is 132 Å². The van der Waals surface area contributed by atoms with Gasteiger partial charge in [-0.25, -0.2) is 4.79 Å². The van der Waals surface area contributed by atoms with Gasteiger partial charge in [0.2, 0.25) is 0 Å². The van der Waals surface area contributed by atoms with E-state index in [2.05, 4.69) is 29.6 Å². The smallest absolute Gasteiger partial charge is 0.410 e. The van der Waals surface area contributed by atoms with E-state index in [0.717, 1.165) is 12.1 Å². The van der Waals surface area contributed by atoms with Gasteiger partial charge >= 0.3 is 6.09 Å². The molecule has 1 fully saturated rings. The van der Waals surface area contributed by atoms with E-state index in [4.69, 9.17) is 9.47 Å². The molecule has 1 unspecified atom stereocenters. The second-order valence-electron chi connectivity index (χ2n) is 6.61. The molecule has 0 radical (unpaired) electrons. The Morgan fingerprint density at radius 3 is 2.59 bits per heavy atom. The van der Waals surface area contributed by atoms with Crippen molar-refractivity contribution in [1.82, 2.24) is 10.2 Å². The van der Waals surface area contributed by atoms with Crippen LogP contribution in [-0.4, -0.2) is 43.3 Å². The van der Waals surface area contributed by atoms with Gasteiger partial charge in [0.1, 0.15) is 5.60 Å². The number of hydrogen-bond donors (Lipinski definition) is 1. The molecule has 1 aliphatic rings. The molecular weight excluding hydrogens is 280 g/mol. The van der Waals surface area contributed by atoms with Crippen LogP contribution in [0.4, 0.5) is 4.79 Å². The van der Waals surface area contributed by atoms with Crippen LogP contribution >= 0.6 is 0 Å². The van der Waals surface area contributed by atoms with Crippen LogP contribution in [0, 0.1) is 0 Å². The van der Waals surface area contributed by atoms with Crippen LogP contribution in [0.2, 0.25) is 0 Å². The molecule has 0 aliphatic carbocycles. The SMILES string of the molecule is COCc1ccc(C2CN(C(=O)OC(C)(C)C)CCN2)cc1. The maximum atomic E-state index is 12.2. The number of carbonyl (C=O) groups excluding carboxylic acids is 1. The van der Waals surface area contributed by atoms with E-state index in [9.17, 15) is 4.79 Å². The quantitative estimate of drug-likeness (QED) is 0.933. The van der Waals surface area contributed by atoms with Crippen molar-refractivity contribution in [2.75, 3.05) is 26.7 Å². The molecule has 5 heteroatoms. The maximum Gasteiger partial charge on any atom is 0.410 e. The van der Waals surface area contributed by atoms with E-state index in [0.29, 0.717) is 19.7 Å². The summed E-state index contributed by atoms with van der Waals surface area (Å²) in [7, 11) is 1.69. The number of amides is 1. The zero-order chi connectivity index (χ0) is 16.2. The molecule has 22 heavy (non-hydrogen) atoms. The van der Waals surface area contributed by atoms with Crippen LogP contribution in [-0.2, 0) is 16.1 Å². The first-order valence-corrected chi connectivity index (χ1v) is 7.68. The van der Waals surface area contributed by atoms with Crippen molar-refractivity contribution in [3.63, 3.8) is 0 Å². The van der Waals surface area contributed by atoms with Crippen molar-refractivity contribution in [2.45, 2.75) is 39.0 Å². The summed E-state index contributed by atoms with van der Waals surface area (Å²) >= 11 is 0. The van der Waals surface area contributed by atoms with Crippen molar-refractivity contribution < 1.29 is 14.3 Å². The Kier molecular flexibility index (Phi) is 5.42. The van der Waals surface area contributed by atoms with Crippen LogP contribution in [0.15, 0.2) is 24.3 Å². The Balaban J connectivity index is 1.99. The molecule has 2 rings (SSSR count). The highest BCUT2D eigenvalue weighted by Crippen LogP contribution is 2.20. The monoisotopic (exact) mass is 306 g/mol. The zero-order valence-electron chi connectivity index (χ0n) is 13.9. The summed E-state index contributed by atoms with van der Waals surface area (Å²) in [5, 5.41) is 3.45. The minimum Gasteiger partial charge on any atom is -0.444 e. The van der Waals surface area contributed by atoms with Crippen molar-refractivity contribution in [2.24, 2.45) is 0 Å². The number of nitrogens with zero attached hydrogens (tertiary/aromatic N) is 1. The summed E-state index contributed by atoms with van der Waals surface area (Å²) in [5.41, 5.74) is 1.86. The molecule has 1 heterocycles. The normalized spacial score (nSPS) is 19.1. The second-order valence-corrected chi connectivity index (χ2v) is 6.61.